The summed E-state index contributed by atoms with van der Waals surface area (Å²) in [5.41, 5.74) is 1.06. The molecule has 0 heterocycles. The number of hydrogen-bond donors (Lipinski definition) is 3. The highest BCUT2D eigenvalue weighted by molar-refractivity contribution is 5.94. The molecule has 7 heteroatoms. The number of carbonyl (C=O) groups is 3. The van der Waals surface area contributed by atoms with Gasteiger partial charge in [-0.2, -0.15) is 0 Å². The van der Waals surface area contributed by atoms with Gasteiger partial charge in [-0.15, -0.1) is 0 Å². The lowest BCUT2D eigenvalue weighted by Gasteiger charge is -2.13. The van der Waals surface area contributed by atoms with Gasteiger partial charge in [0.2, 0.25) is 5.91 Å². The molecular formula is C13H17N3O4. The Balaban J connectivity index is 2.62. The minimum absolute atomic E-state index is 0.203. The van der Waals surface area contributed by atoms with E-state index in [0.29, 0.717) is 11.4 Å². The number of rotatable bonds is 4. The Morgan fingerprint density at radius 1 is 1.15 bits per heavy atom. The van der Waals surface area contributed by atoms with E-state index in [4.69, 9.17) is 0 Å². The Labute approximate surface area is 116 Å². The van der Waals surface area contributed by atoms with Crippen molar-refractivity contribution in [1.29, 1.82) is 0 Å². The predicted molar refractivity (Wildman–Crippen MR) is 74.4 cm³/mol. The second-order valence-corrected chi connectivity index (χ2v) is 4.11. The predicted octanol–water partition coefficient (Wildman–Crippen LogP) is 1.33. The zero-order valence-corrected chi connectivity index (χ0v) is 11.5. The molecule has 0 fully saturated rings. The first-order valence-corrected chi connectivity index (χ1v) is 5.95. The van der Waals surface area contributed by atoms with Crippen molar-refractivity contribution in [1.82, 2.24) is 5.32 Å². The fourth-order valence-electron chi connectivity index (χ4n) is 1.48. The van der Waals surface area contributed by atoms with E-state index in [-0.39, 0.29) is 5.91 Å². The quantitative estimate of drug-likeness (QED) is 0.724. The number of anilines is 2. The standard InChI is InChI=1S/C13H17N3O4/c1-8(12(18)20-3)14-13(19)16-11-6-4-5-10(7-11)15-9(2)17/h4-8H,1-3H3,(H,15,17)(H2,14,16,19)/t8-/m0/s1. The molecule has 0 bridgehead atoms. The number of methoxy groups -OCH3 is 1. The Hall–Kier alpha value is -2.57. The lowest BCUT2D eigenvalue weighted by molar-refractivity contribution is -0.142. The van der Waals surface area contributed by atoms with Crippen molar-refractivity contribution in [2.24, 2.45) is 0 Å². The average Bonchev–Trinajstić information content (AvgIpc) is 2.37. The summed E-state index contributed by atoms with van der Waals surface area (Å²) in [6.45, 7) is 2.91. The highest BCUT2D eigenvalue weighted by Crippen LogP contribution is 2.14. The van der Waals surface area contributed by atoms with Crippen LogP contribution in [0.25, 0.3) is 0 Å². The molecule has 7 nitrogen and oxygen atoms in total. The minimum Gasteiger partial charge on any atom is -0.467 e. The van der Waals surface area contributed by atoms with Gasteiger partial charge in [-0.25, -0.2) is 9.59 Å². The number of ether oxygens (including phenoxy) is 1. The lowest BCUT2D eigenvalue weighted by Crippen LogP contribution is -2.41. The highest BCUT2D eigenvalue weighted by atomic mass is 16.5. The number of carbonyl (C=O) groups excluding carboxylic acids is 3. The highest BCUT2D eigenvalue weighted by Gasteiger charge is 2.15. The summed E-state index contributed by atoms with van der Waals surface area (Å²) >= 11 is 0. The van der Waals surface area contributed by atoms with Crippen molar-refractivity contribution in [3.63, 3.8) is 0 Å². The van der Waals surface area contributed by atoms with Crippen LogP contribution in [0.2, 0.25) is 0 Å². The molecule has 3 N–H and O–H groups in total. The van der Waals surface area contributed by atoms with Gasteiger partial charge in [0.25, 0.3) is 0 Å². The van der Waals surface area contributed by atoms with Crippen molar-refractivity contribution in [2.75, 3.05) is 17.7 Å². The maximum atomic E-state index is 11.7. The molecule has 1 atom stereocenters. The number of esters is 1. The van der Waals surface area contributed by atoms with Gasteiger partial charge in [0.1, 0.15) is 6.04 Å². The first kappa shape index (κ1) is 15.5. The van der Waals surface area contributed by atoms with Gasteiger partial charge in [-0.3, -0.25) is 4.79 Å². The Kier molecular flexibility index (Phi) is 5.52. The van der Waals surface area contributed by atoms with Crippen molar-refractivity contribution in [3.05, 3.63) is 24.3 Å². The first-order valence-electron chi connectivity index (χ1n) is 5.95. The summed E-state index contributed by atoms with van der Waals surface area (Å²) in [6.07, 6.45) is 0. The Morgan fingerprint density at radius 2 is 1.75 bits per heavy atom. The summed E-state index contributed by atoms with van der Waals surface area (Å²) in [6, 6.07) is 5.35. The van der Waals surface area contributed by atoms with E-state index in [1.54, 1.807) is 24.3 Å². The van der Waals surface area contributed by atoms with Gasteiger partial charge in [0, 0.05) is 18.3 Å². The van der Waals surface area contributed by atoms with Gasteiger partial charge in [0.15, 0.2) is 0 Å². The summed E-state index contributed by atoms with van der Waals surface area (Å²) in [5, 5.41) is 7.59. The van der Waals surface area contributed by atoms with E-state index in [1.807, 2.05) is 0 Å². The minimum atomic E-state index is -0.751. The SMILES string of the molecule is COC(=O)[C@H](C)NC(=O)Nc1cccc(NC(C)=O)c1. The monoisotopic (exact) mass is 279 g/mol. The molecule has 0 radical (unpaired) electrons. The molecule has 3 amide bonds. The molecule has 0 aliphatic heterocycles. The van der Waals surface area contributed by atoms with Crippen molar-refractivity contribution in [3.8, 4) is 0 Å². The molecule has 0 aliphatic rings. The van der Waals surface area contributed by atoms with Crippen LogP contribution in [0, 0.1) is 0 Å². The van der Waals surface area contributed by atoms with Gasteiger partial charge in [0.05, 0.1) is 7.11 Å². The topological polar surface area (TPSA) is 96.5 Å². The summed E-state index contributed by atoms with van der Waals surface area (Å²) < 4.78 is 4.50. The van der Waals surface area contributed by atoms with Gasteiger partial charge < -0.3 is 20.7 Å². The maximum Gasteiger partial charge on any atom is 0.328 e. The molecule has 0 aliphatic carbocycles. The molecule has 1 aromatic rings. The van der Waals surface area contributed by atoms with Crippen LogP contribution in [0.3, 0.4) is 0 Å². The average molecular weight is 279 g/mol. The summed E-state index contributed by atoms with van der Waals surface area (Å²) in [4.78, 5) is 33.8. The molecule has 108 valence electrons. The number of hydrogen-bond acceptors (Lipinski definition) is 4. The van der Waals surface area contributed by atoms with Crippen LogP contribution in [0.4, 0.5) is 16.2 Å². The normalized spacial score (nSPS) is 11.2. The van der Waals surface area contributed by atoms with E-state index >= 15 is 0 Å². The summed E-state index contributed by atoms with van der Waals surface area (Å²) in [7, 11) is 1.25. The maximum absolute atomic E-state index is 11.7. The lowest BCUT2D eigenvalue weighted by atomic mass is 10.2. The Morgan fingerprint density at radius 3 is 2.30 bits per heavy atom. The number of urea groups is 1. The van der Waals surface area contributed by atoms with Crippen molar-refractivity contribution in [2.45, 2.75) is 19.9 Å². The van der Waals surface area contributed by atoms with Crippen LogP contribution < -0.4 is 16.0 Å². The molecule has 0 saturated heterocycles. The zero-order valence-electron chi connectivity index (χ0n) is 11.5. The second kappa shape index (κ2) is 7.13. The molecular weight excluding hydrogens is 262 g/mol. The van der Waals surface area contributed by atoms with Crippen LogP contribution in [-0.2, 0) is 14.3 Å². The third kappa shape index (κ3) is 4.97. The molecule has 1 aromatic carbocycles. The van der Waals surface area contributed by atoms with Crippen LogP contribution in [-0.4, -0.2) is 31.1 Å². The summed E-state index contributed by atoms with van der Waals surface area (Å²) in [5.74, 6) is -0.738. The number of amides is 3. The van der Waals surface area contributed by atoms with Gasteiger partial charge in [-0.1, -0.05) is 6.07 Å². The van der Waals surface area contributed by atoms with Crippen LogP contribution in [0.5, 0.6) is 0 Å². The second-order valence-electron chi connectivity index (χ2n) is 4.11. The molecule has 20 heavy (non-hydrogen) atoms. The fourth-order valence-corrected chi connectivity index (χ4v) is 1.48. The fraction of sp³-hybridized carbons (Fsp3) is 0.308. The van der Waals surface area contributed by atoms with E-state index in [1.165, 1.54) is 21.0 Å². The van der Waals surface area contributed by atoms with E-state index in [0.717, 1.165) is 0 Å². The smallest absolute Gasteiger partial charge is 0.328 e. The third-order valence-corrected chi connectivity index (χ3v) is 2.34. The van der Waals surface area contributed by atoms with E-state index in [9.17, 15) is 14.4 Å². The van der Waals surface area contributed by atoms with Gasteiger partial charge in [-0.05, 0) is 25.1 Å². The first-order chi connectivity index (χ1) is 9.42. The molecule has 0 spiro atoms. The molecule has 0 saturated carbocycles. The molecule has 1 rings (SSSR count). The van der Waals surface area contributed by atoms with Crippen LogP contribution in [0.1, 0.15) is 13.8 Å². The number of nitrogens with one attached hydrogen (secondary N) is 3. The van der Waals surface area contributed by atoms with Crippen LogP contribution in [0.15, 0.2) is 24.3 Å². The largest absolute Gasteiger partial charge is 0.467 e. The molecule has 0 aromatic heterocycles. The zero-order chi connectivity index (χ0) is 15.1. The van der Waals surface area contributed by atoms with E-state index < -0.39 is 18.0 Å². The third-order valence-electron chi connectivity index (χ3n) is 2.34. The number of benzene rings is 1. The van der Waals surface area contributed by atoms with E-state index in [2.05, 4.69) is 20.7 Å². The van der Waals surface area contributed by atoms with Gasteiger partial charge >= 0.3 is 12.0 Å². The van der Waals surface area contributed by atoms with Crippen molar-refractivity contribution >= 4 is 29.3 Å². The van der Waals surface area contributed by atoms with Crippen LogP contribution >= 0.6 is 0 Å². The van der Waals surface area contributed by atoms with Crippen molar-refractivity contribution < 1.29 is 19.1 Å². The Bertz CT molecular complexity index is 516. The molecule has 0 unspecified atom stereocenters.